The first-order valence-corrected chi connectivity index (χ1v) is 7.82. The highest BCUT2D eigenvalue weighted by molar-refractivity contribution is 5.91. The molecule has 122 valence electrons. The van der Waals surface area contributed by atoms with E-state index < -0.39 is 0 Å². The number of nitrogens with zero attached hydrogens (tertiary/aromatic N) is 1. The Balaban J connectivity index is 1.65. The molecule has 1 aromatic carbocycles. The van der Waals surface area contributed by atoms with Crippen molar-refractivity contribution in [3.05, 3.63) is 40.1 Å². The van der Waals surface area contributed by atoms with Crippen molar-refractivity contribution in [3.8, 4) is 5.75 Å². The SMILES string of the molecule is Cc1ccc(C)c(OCC(=O)Nc2n[nH]c3c2CCNC3)c1C. The van der Waals surface area contributed by atoms with Gasteiger partial charge in [0.15, 0.2) is 12.4 Å². The Kier molecular flexibility index (Phi) is 4.34. The number of hydrogen-bond donors (Lipinski definition) is 3. The number of H-pyrrole nitrogens is 1. The lowest BCUT2D eigenvalue weighted by molar-refractivity contribution is -0.118. The van der Waals surface area contributed by atoms with E-state index in [1.54, 1.807) is 0 Å². The van der Waals surface area contributed by atoms with Crippen LogP contribution in [0.5, 0.6) is 5.75 Å². The van der Waals surface area contributed by atoms with Gasteiger partial charge in [0.2, 0.25) is 0 Å². The van der Waals surface area contributed by atoms with Gasteiger partial charge < -0.3 is 15.4 Å². The van der Waals surface area contributed by atoms with Gasteiger partial charge >= 0.3 is 0 Å². The number of ether oxygens (including phenoxy) is 1. The fraction of sp³-hybridized carbons (Fsp3) is 0.412. The van der Waals surface area contributed by atoms with Crippen LogP contribution in [0.25, 0.3) is 0 Å². The Morgan fingerprint density at radius 3 is 2.91 bits per heavy atom. The number of nitrogens with one attached hydrogen (secondary N) is 3. The van der Waals surface area contributed by atoms with Crippen molar-refractivity contribution >= 4 is 11.7 Å². The van der Waals surface area contributed by atoms with E-state index >= 15 is 0 Å². The van der Waals surface area contributed by atoms with Gasteiger partial charge in [-0.25, -0.2) is 0 Å². The summed E-state index contributed by atoms with van der Waals surface area (Å²) in [6.07, 6.45) is 0.860. The quantitative estimate of drug-likeness (QED) is 0.806. The third kappa shape index (κ3) is 3.22. The topological polar surface area (TPSA) is 79.0 Å². The summed E-state index contributed by atoms with van der Waals surface area (Å²) in [5, 5.41) is 13.3. The maximum atomic E-state index is 12.2. The van der Waals surface area contributed by atoms with Crippen LogP contribution in [-0.4, -0.2) is 29.3 Å². The molecule has 6 nitrogen and oxygen atoms in total. The summed E-state index contributed by atoms with van der Waals surface area (Å²) in [6, 6.07) is 4.06. The Bertz CT molecular complexity index is 736. The predicted molar refractivity (Wildman–Crippen MR) is 88.8 cm³/mol. The van der Waals surface area contributed by atoms with Crippen LogP contribution in [0.2, 0.25) is 0 Å². The van der Waals surface area contributed by atoms with Crippen molar-refractivity contribution in [2.24, 2.45) is 0 Å². The van der Waals surface area contributed by atoms with Crippen LogP contribution < -0.4 is 15.4 Å². The Morgan fingerprint density at radius 2 is 2.09 bits per heavy atom. The van der Waals surface area contributed by atoms with Gasteiger partial charge in [-0.1, -0.05) is 12.1 Å². The number of benzene rings is 1. The molecule has 0 bridgehead atoms. The van der Waals surface area contributed by atoms with Crippen molar-refractivity contribution in [2.75, 3.05) is 18.5 Å². The molecule has 1 aliphatic heterocycles. The summed E-state index contributed by atoms with van der Waals surface area (Å²) in [5.41, 5.74) is 5.38. The van der Waals surface area contributed by atoms with Gasteiger partial charge in [-0.15, -0.1) is 0 Å². The number of carbonyl (C=O) groups excluding carboxylic acids is 1. The van der Waals surface area contributed by atoms with Gasteiger partial charge in [0.1, 0.15) is 5.75 Å². The first-order valence-electron chi connectivity index (χ1n) is 7.82. The molecule has 0 saturated heterocycles. The fourth-order valence-corrected chi connectivity index (χ4v) is 2.80. The van der Waals surface area contributed by atoms with Crippen LogP contribution >= 0.6 is 0 Å². The standard InChI is InChI=1S/C17H22N4O2/c1-10-4-5-11(2)16(12(10)3)23-9-15(22)19-17-13-6-7-18-8-14(13)20-21-17/h4-5,18H,6-9H2,1-3H3,(H2,19,20,21,22). The number of amides is 1. The minimum absolute atomic E-state index is 0.0228. The van der Waals surface area contributed by atoms with E-state index in [2.05, 4.69) is 26.9 Å². The molecular weight excluding hydrogens is 292 g/mol. The maximum Gasteiger partial charge on any atom is 0.263 e. The summed E-state index contributed by atoms with van der Waals surface area (Å²) in [7, 11) is 0. The maximum absolute atomic E-state index is 12.2. The van der Waals surface area contributed by atoms with Crippen LogP contribution in [-0.2, 0) is 17.8 Å². The predicted octanol–water partition coefficient (Wildman–Crippen LogP) is 2.00. The van der Waals surface area contributed by atoms with Crippen LogP contribution in [0.3, 0.4) is 0 Å². The molecule has 0 fully saturated rings. The monoisotopic (exact) mass is 314 g/mol. The number of hydrogen-bond acceptors (Lipinski definition) is 4. The number of carbonyl (C=O) groups is 1. The molecule has 0 aliphatic carbocycles. The second-order valence-corrected chi connectivity index (χ2v) is 5.95. The molecular formula is C17H22N4O2. The zero-order valence-corrected chi connectivity index (χ0v) is 13.7. The van der Waals surface area contributed by atoms with E-state index in [9.17, 15) is 4.79 Å². The lowest BCUT2D eigenvalue weighted by Gasteiger charge is -2.15. The van der Waals surface area contributed by atoms with E-state index in [1.165, 1.54) is 0 Å². The molecule has 3 rings (SSSR count). The highest BCUT2D eigenvalue weighted by Gasteiger charge is 2.18. The smallest absolute Gasteiger partial charge is 0.263 e. The molecule has 3 N–H and O–H groups in total. The van der Waals surface area contributed by atoms with Crippen molar-refractivity contribution in [1.82, 2.24) is 15.5 Å². The van der Waals surface area contributed by atoms with Gasteiger partial charge in [-0.3, -0.25) is 9.89 Å². The van der Waals surface area contributed by atoms with E-state index in [4.69, 9.17) is 4.74 Å². The average Bonchev–Trinajstić information content (AvgIpc) is 2.94. The molecule has 23 heavy (non-hydrogen) atoms. The zero-order valence-electron chi connectivity index (χ0n) is 13.7. The minimum atomic E-state index is -0.196. The summed E-state index contributed by atoms with van der Waals surface area (Å²) in [6.45, 7) is 7.66. The zero-order chi connectivity index (χ0) is 16.4. The number of aromatic amines is 1. The molecule has 0 atom stereocenters. The lowest BCUT2D eigenvalue weighted by Crippen LogP contribution is -2.25. The number of anilines is 1. The second-order valence-electron chi connectivity index (χ2n) is 5.95. The summed E-state index contributed by atoms with van der Waals surface area (Å²) >= 11 is 0. The van der Waals surface area contributed by atoms with Gasteiger partial charge in [0.05, 0.1) is 5.69 Å². The van der Waals surface area contributed by atoms with Gasteiger partial charge in [-0.2, -0.15) is 5.10 Å². The van der Waals surface area contributed by atoms with E-state index in [0.717, 1.165) is 53.2 Å². The highest BCUT2D eigenvalue weighted by Crippen LogP contribution is 2.26. The first-order chi connectivity index (χ1) is 11.1. The molecule has 2 heterocycles. The third-order valence-electron chi connectivity index (χ3n) is 4.29. The molecule has 1 aromatic heterocycles. The third-order valence-corrected chi connectivity index (χ3v) is 4.29. The average molecular weight is 314 g/mol. The number of rotatable bonds is 4. The van der Waals surface area contributed by atoms with Gasteiger partial charge in [0.25, 0.3) is 5.91 Å². The Labute approximate surface area is 135 Å². The number of aromatic nitrogens is 2. The van der Waals surface area contributed by atoms with Crippen LogP contribution in [0.15, 0.2) is 12.1 Å². The van der Waals surface area contributed by atoms with Crippen LogP contribution in [0.4, 0.5) is 5.82 Å². The molecule has 6 heteroatoms. The minimum Gasteiger partial charge on any atom is -0.483 e. The Morgan fingerprint density at radius 1 is 1.30 bits per heavy atom. The lowest BCUT2D eigenvalue weighted by atomic mass is 10.1. The van der Waals surface area contributed by atoms with E-state index in [-0.39, 0.29) is 12.5 Å². The largest absolute Gasteiger partial charge is 0.483 e. The number of fused-ring (bicyclic) bond motifs is 1. The fourth-order valence-electron chi connectivity index (χ4n) is 2.80. The summed E-state index contributed by atoms with van der Waals surface area (Å²) in [5.74, 6) is 1.21. The summed E-state index contributed by atoms with van der Waals surface area (Å²) in [4.78, 5) is 12.2. The summed E-state index contributed by atoms with van der Waals surface area (Å²) < 4.78 is 5.74. The normalized spacial score (nSPS) is 13.5. The molecule has 1 aliphatic rings. The second kappa shape index (κ2) is 6.42. The Hall–Kier alpha value is -2.34. The molecule has 1 amide bonds. The van der Waals surface area contributed by atoms with Crippen molar-refractivity contribution in [1.29, 1.82) is 0 Å². The van der Waals surface area contributed by atoms with Gasteiger partial charge in [-0.05, 0) is 50.4 Å². The van der Waals surface area contributed by atoms with Gasteiger partial charge in [0, 0.05) is 12.1 Å². The molecule has 0 saturated carbocycles. The molecule has 0 unspecified atom stereocenters. The van der Waals surface area contributed by atoms with Crippen molar-refractivity contribution in [2.45, 2.75) is 33.7 Å². The molecule has 0 spiro atoms. The molecule has 0 radical (unpaired) electrons. The first kappa shape index (κ1) is 15.6. The van der Waals surface area contributed by atoms with Crippen LogP contribution in [0, 0.1) is 20.8 Å². The highest BCUT2D eigenvalue weighted by atomic mass is 16.5. The van der Waals surface area contributed by atoms with E-state index in [0.29, 0.717) is 5.82 Å². The number of aryl methyl sites for hydroxylation is 2. The van der Waals surface area contributed by atoms with Crippen molar-refractivity contribution in [3.63, 3.8) is 0 Å². The van der Waals surface area contributed by atoms with E-state index in [1.807, 2.05) is 26.8 Å². The van der Waals surface area contributed by atoms with Crippen molar-refractivity contribution < 1.29 is 9.53 Å². The molecule has 2 aromatic rings. The van der Waals surface area contributed by atoms with Crippen LogP contribution in [0.1, 0.15) is 27.9 Å².